The number of rotatable bonds is 5. The van der Waals surface area contributed by atoms with E-state index in [2.05, 4.69) is 10.0 Å². The third-order valence-corrected chi connectivity index (χ3v) is 5.42. The van der Waals surface area contributed by atoms with E-state index < -0.39 is 10.0 Å². The quantitative estimate of drug-likeness (QED) is 0.772. The van der Waals surface area contributed by atoms with Gasteiger partial charge in [0, 0.05) is 19.2 Å². The molecule has 0 aromatic rings. The van der Waals surface area contributed by atoms with Crippen molar-refractivity contribution in [2.75, 3.05) is 19.4 Å². The summed E-state index contributed by atoms with van der Waals surface area (Å²) < 4.78 is 32.3. The number of hydrogen-bond acceptors (Lipinski definition) is 4. The van der Waals surface area contributed by atoms with Gasteiger partial charge in [-0.3, -0.25) is 0 Å². The molecule has 3 unspecified atom stereocenters. The minimum atomic E-state index is -3.20. The minimum absolute atomic E-state index is 0.0383. The molecule has 1 aliphatic carbocycles. The number of sulfonamides is 1. The smallest absolute Gasteiger partial charge is 0.213 e. The number of nitrogens with one attached hydrogen (secondary N) is 2. The fraction of sp³-hybridized carbons (Fsp3) is 1.00. The second kappa shape index (κ2) is 6.32. The molecule has 2 aliphatic rings. The molecule has 1 saturated carbocycles. The van der Waals surface area contributed by atoms with Gasteiger partial charge >= 0.3 is 0 Å². The second-order valence-electron chi connectivity index (χ2n) is 5.36. The van der Waals surface area contributed by atoms with Crippen molar-refractivity contribution in [1.82, 2.24) is 10.0 Å². The largest absolute Gasteiger partial charge is 0.380 e. The molecule has 0 radical (unpaired) electrons. The van der Waals surface area contributed by atoms with Crippen LogP contribution in [0.5, 0.6) is 0 Å². The Kier molecular flexibility index (Phi) is 5.00. The predicted molar refractivity (Wildman–Crippen MR) is 71.0 cm³/mol. The van der Waals surface area contributed by atoms with Gasteiger partial charge in [-0.1, -0.05) is 6.42 Å². The zero-order valence-electron chi connectivity index (χ0n) is 11.0. The first-order valence-corrected chi connectivity index (χ1v) is 8.52. The van der Waals surface area contributed by atoms with Crippen LogP contribution < -0.4 is 10.0 Å². The second-order valence-corrected chi connectivity index (χ2v) is 7.16. The van der Waals surface area contributed by atoms with E-state index >= 15 is 0 Å². The van der Waals surface area contributed by atoms with E-state index in [4.69, 9.17) is 4.74 Å². The highest BCUT2D eigenvalue weighted by Crippen LogP contribution is 2.22. The van der Waals surface area contributed by atoms with Gasteiger partial charge < -0.3 is 10.1 Å². The summed E-state index contributed by atoms with van der Waals surface area (Å²) in [7, 11) is -1.55. The standard InChI is InChI=1S/C12H24N2O3S/c1-17-12-7-4-6-11(12)14-18(15,16)9-10-5-2-3-8-13-10/h10-14H,2-9H2,1H3. The summed E-state index contributed by atoms with van der Waals surface area (Å²) in [5, 5.41) is 3.27. The van der Waals surface area contributed by atoms with Gasteiger partial charge in [-0.15, -0.1) is 0 Å². The molecule has 106 valence electrons. The molecule has 0 aromatic carbocycles. The Morgan fingerprint density at radius 2 is 2.06 bits per heavy atom. The van der Waals surface area contributed by atoms with Crippen LogP contribution in [0.1, 0.15) is 38.5 Å². The number of hydrogen-bond donors (Lipinski definition) is 2. The molecule has 0 aromatic heterocycles. The average molecular weight is 276 g/mol. The molecule has 1 heterocycles. The zero-order valence-corrected chi connectivity index (χ0v) is 11.8. The molecule has 3 atom stereocenters. The molecule has 18 heavy (non-hydrogen) atoms. The van der Waals surface area contributed by atoms with Crippen LogP contribution in [0.2, 0.25) is 0 Å². The van der Waals surface area contributed by atoms with Crippen molar-refractivity contribution in [3.05, 3.63) is 0 Å². The van der Waals surface area contributed by atoms with Gasteiger partial charge in [0.1, 0.15) is 0 Å². The molecule has 1 aliphatic heterocycles. The summed E-state index contributed by atoms with van der Waals surface area (Å²) in [6.07, 6.45) is 6.14. The normalized spacial score (nSPS) is 33.7. The van der Waals surface area contributed by atoms with Crippen molar-refractivity contribution in [2.24, 2.45) is 0 Å². The van der Waals surface area contributed by atoms with Crippen LogP contribution in [0.15, 0.2) is 0 Å². The average Bonchev–Trinajstić information content (AvgIpc) is 2.76. The molecule has 5 nitrogen and oxygen atoms in total. The van der Waals surface area contributed by atoms with Crippen LogP contribution in [0, 0.1) is 0 Å². The highest BCUT2D eigenvalue weighted by Gasteiger charge is 2.31. The Balaban J connectivity index is 1.86. The molecular weight excluding hydrogens is 252 g/mol. The van der Waals surface area contributed by atoms with Crippen molar-refractivity contribution < 1.29 is 13.2 Å². The molecule has 0 amide bonds. The van der Waals surface area contributed by atoms with Gasteiger partial charge in [0.2, 0.25) is 10.0 Å². The van der Waals surface area contributed by atoms with Crippen LogP contribution in [0.3, 0.4) is 0 Å². The molecule has 0 bridgehead atoms. The first-order valence-electron chi connectivity index (χ1n) is 6.87. The molecule has 6 heteroatoms. The van der Waals surface area contributed by atoms with E-state index in [-0.39, 0.29) is 23.9 Å². The minimum Gasteiger partial charge on any atom is -0.380 e. The van der Waals surface area contributed by atoms with Crippen LogP contribution in [0.25, 0.3) is 0 Å². The lowest BCUT2D eigenvalue weighted by Gasteiger charge is -2.25. The lowest BCUT2D eigenvalue weighted by molar-refractivity contribution is 0.0916. The monoisotopic (exact) mass is 276 g/mol. The van der Waals surface area contributed by atoms with Crippen molar-refractivity contribution in [1.29, 1.82) is 0 Å². The highest BCUT2D eigenvalue weighted by molar-refractivity contribution is 7.89. The molecule has 2 N–H and O–H groups in total. The first-order chi connectivity index (χ1) is 8.61. The Bertz CT molecular complexity index is 352. The van der Waals surface area contributed by atoms with Crippen LogP contribution in [-0.2, 0) is 14.8 Å². The van der Waals surface area contributed by atoms with E-state index in [1.165, 1.54) is 0 Å². The summed E-state index contributed by atoms with van der Waals surface area (Å²) in [6, 6.07) is 0.0715. The summed E-state index contributed by atoms with van der Waals surface area (Å²) in [5.41, 5.74) is 0. The van der Waals surface area contributed by atoms with E-state index in [1.54, 1.807) is 7.11 Å². The highest BCUT2D eigenvalue weighted by atomic mass is 32.2. The Labute approximate surface area is 110 Å². The lowest BCUT2D eigenvalue weighted by atomic mass is 10.1. The molecule has 1 saturated heterocycles. The molecule has 0 spiro atoms. The van der Waals surface area contributed by atoms with Crippen molar-refractivity contribution in [3.8, 4) is 0 Å². The van der Waals surface area contributed by atoms with Gasteiger partial charge in [0.25, 0.3) is 0 Å². The fourth-order valence-electron chi connectivity index (χ4n) is 2.95. The van der Waals surface area contributed by atoms with Gasteiger partial charge in [-0.05, 0) is 38.6 Å². The zero-order chi connectivity index (χ0) is 13.0. The van der Waals surface area contributed by atoms with E-state index in [1.807, 2.05) is 0 Å². The van der Waals surface area contributed by atoms with E-state index in [9.17, 15) is 8.42 Å². The number of methoxy groups -OCH3 is 1. The Morgan fingerprint density at radius 3 is 2.72 bits per heavy atom. The number of ether oxygens (including phenoxy) is 1. The maximum absolute atomic E-state index is 12.1. The van der Waals surface area contributed by atoms with Crippen LogP contribution >= 0.6 is 0 Å². The van der Waals surface area contributed by atoms with Crippen molar-refractivity contribution in [2.45, 2.75) is 56.7 Å². The SMILES string of the molecule is COC1CCCC1NS(=O)(=O)CC1CCCCN1. The maximum atomic E-state index is 12.1. The Hall–Kier alpha value is -0.170. The van der Waals surface area contributed by atoms with Crippen LogP contribution in [0.4, 0.5) is 0 Å². The fourth-order valence-corrected chi connectivity index (χ4v) is 4.59. The van der Waals surface area contributed by atoms with Gasteiger partial charge in [0.15, 0.2) is 0 Å². The van der Waals surface area contributed by atoms with Gasteiger partial charge in [-0.25, -0.2) is 13.1 Å². The predicted octanol–water partition coefficient (Wildman–Crippen LogP) is 0.615. The Morgan fingerprint density at radius 1 is 1.22 bits per heavy atom. The molecule has 2 rings (SSSR count). The van der Waals surface area contributed by atoms with Crippen molar-refractivity contribution >= 4 is 10.0 Å². The van der Waals surface area contributed by atoms with Gasteiger partial charge in [-0.2, -0.15) is 0 Å². The lowest BCUT2D eigenvalue weighted by Crippen LogP contribution is -2.47. The molecule has 2 fully saturated rings. The summed E-state index contributed by atoms with van der Waals surface area (Å²) in [4.78, 5) is 0. The summed E-state index contributed by atoms with van der Waals surface area (Å²) in [6.45, 7) is 0.935. The third-order valence-electron chi connectivity index (χ3n) is 3.92. The van der Waals surface area contributed by atoms with E-state index in [0.717, 1.165) is 45.1 Å². The topological polar surface area (TPSA) is 67.4 Å². The maximum Gasteiger partial charge on any atom is 0.213 e. The van der Waals surface area contributed by atoms with Gasteiger partial charge in [0.05, 0.1) is 11.9 Å². The summed E-state index contributed by atoms with van der Waals surface area (Å²) >= 11 is 0. The summed E-state index contributed by atoms with van der Waals surface area (Å²) in [5.74, 6) is 0.194. The van der Waals surface area contributed by atoms with Crippen LogP contribution in [-0.4, -0.2) is 46.0 Å². The first kappa shape index (κ1) is 14.2. The third kappa shape index (κ3) is 3.91. The van der Waals surface area contributed by atoms with Crippen molar-refractivity contribution in [3.63, 3.8) is 0 Å². The number of piperidine rings is 1. The molecular formula is C12H24N2O3S. The van der Waals surface area contributed by atoms with E-state index in [0.29, 0.717) is 0 Å².